The summed E-state index contributed by atoms with van der Waals surface area (Å²) in [6.07, 6.45) is 0. The molecule has 2 aliphatic rings. The van der Waals surface area contributed by atoms with E-state index in [1.165, 1.54) is 122 Å². The summed E-state index contributed by atoms with van der Waals surface area (Å²) >= 11 is 0. The molecule has 0 unspecified atom stereocenters. The van der Waals surface area contributed by atoms with Crippen molar-refractivity contribution in [2.24, 2.45) is 0 Å². The van der Waals surface area contributed by atoms with Crippen molar-refractivity contribution in [1.29, 1.82) is 0 Å². The lowest BCUT2D eigenvalue weighted by Gasteiger charge is -2.30. The van der Waals surface area contributed by atoms with Crippen LogP contribution in [0.5, 0.6) is 0 Å². The van der Waals surface area contributed by atoms with Crippen molar-refractivity contribution in [2.75, 3.05) is 4.90 Å². The number of fused-ring (bicyclic) bond motifs is 12. The molecule has 0 atom stereocenters. The molecule has 0 saturated carbocycles. The number of nitrogens with zero attached hydrogens (tertiary/aromatic N) is 3. The topological polar surface area (TPSA) is 13.1 Å². The summed E-state index contributed by atoms with van der Waals surface area (Å²) in [4.78, 5) is 2.47. The molecule has 3 heteroatoms. The van der Waals surface area contributed by atoms with Gasteiger partial charge in [-0.15, -0.1) is 0 Å². The number of hydrogen-bond donors (Lipinski definition) is 0. The SMILES string of the molecule is Cc1cc(-n2c3ccccc3c3cc(-c4ccc5c(c4)c4ccccc4n5-c4ccccc4)ccc32)ccc1-c1ccc(N(c2ccc3c(c2)C(C)(C)c2ccccc2-3)c2ccc3c(c2)C(C)(C)c2ccccc2-3)cc1. The molecule has 0 saturated heterocycles. The number of aromatic nitrogens is 2. The third kappa shape index (κ3) is 6.48. The second-order valence-corrected chi connectivity index (χ2v) is 22.2. The van der Waals surface area contributed by atoms with Crippen LogP contribution in [0, 0.1) is 6.92 Å². The maximum absolute atomic E-state index is 2.47. The fraction of sp³-hybridized carbons (Fsp3) is 0.0959. The molecule has 0 amide bonds. The Bertz CT molecular complexity index is 4420. The smallest absolute Gasteiger partial charge is 0.0541 e. The van der Waals surface area contributed by atoms with Gasteiger partial charge in [0.1, 0.15) is 0 Å². The van der Waals surface area contributed by atoms with E-state index in [1.54, 1.807) is 0 Å². The number of anilines is 3. The molecule has 2 heterocycles. The van der Waals surface area contributed by atoms with Crippen molar-refractivity contribution in [3.05, 3.63) is 270 Å². The molecule has 0 radical (unpaired) electrons. The predicted molar refractivity (Wildman–Crippen MR) is 321 cm³/mol. The Kier molecular flexibility index (Phi) is 9.57. The number of rotatable bonds is 7. The van der Waals surface area contributed by atoms with Gasteiger partial charge in [0, 0.05) is 60.8 Å². The second kappa shape index (κ2) is 16.4. The van der Waals surface area contributed by atoms with E-state index in [4.69, 9.17) is 0 Å². The molecular weight excluding hydrogens is 919 g/mol. The highest BCUT2D eigenvalue weighted by Gasteiger charge is 2.38. The lowest BCUT2D eigenvalue weighted by molar-refractivity contribution is 0.660. The van der Waals surface area contributed by atoms with Crippen LogP contribution in [0.25, 0.3) is 99.5 Å². The van der Waals surface area contributed by atoms with E-state index in [1.807, 2.05) is 0 Å². The minimum Gasteiger partial charge on any atom is -0.310 e. The Balaban J connectivity index is 0.794. The first-order chi connectivity index (χ1) is 37.1. The molecule has 2 aliphatic carbocycles. The zero-order chi connectivity index (χ0) is 51.0. The molecular formula is C73H55N3. The number of hydrogen-bond acceptors (Lipinski definition) is 1. The average Bonchev–Trinajstić information content (AvgIpc) is 4.21. The summed E-state index contributed by atoms with van der Waals surface area (Å²) < 4.78 is 4.82. The van der Waals surface area contributed by atoms with E-state index in [-0.39, 0.29) is 10.8 Å². The molecule has 13 aromatic rings. The lowest BCUT2D eigenvalue weighted by atomic mass is 9.82. The van der Waals surface area contributed by atoms with Crippen LogP contribution in [-0.2, 0) is 10.8 Å². The van der Waals surface area contributed by atoms with Crippen molar-refractivity contribution < 1.29 is 0 Å². The zero-order valence-electron chi connectivity index (χ0n) is 43.4. The van der Waals surface area contributed by atoms with E-state index in [2.05, 4.69) is 291 Å². The van der Waals surface area contributed by atoms with Crippen molar-refractivity contribution in [3.8, 4) is 55.9 Å². The van der Waals surface area contributed by atoms with Gasteiger partial charge in [-0.25, -0.2) is 0 Å². The minimum atomic E-state index is -0.117. The Labute approximate surface area is 444 Å². The number of aryl methyl sites for hydroxylation is 1. The van der Waals surface area contributed by atoms with Gasteiger partial charge in [0.25, 0.3) is 0 Å². The van der Waals surface area contributed by atoms with Crippen LogP contribution < -0.4 is 4.90 Å². The molecule has 2 aromatic heterocycles. The summed E-state index contributed by atoms with van der Waals surface area (Å²) in [5.74, 6) is 0. The summed E-state index contributed by atoms with van der Waals surface area (Å²) in [5, 5.41) is 5.01. The van der Waals surface area contributed by atoms with Crippen molar-refractivity contribution in [1.82, 2.24) is 9.13 Å². The molecule has 0 aliphatic heterocycles. The molecule has 362 valence electrons. The summed E-state index contributed by atoms with van der Waals surface area (Å²) in [6.45, 7) is 11.7. The second-order valence-electron chi connectivity index (χ2n) is 22.2. The van der Waals surface area contributed by atoms with Gasteiger partial charge in [-0.05, 0) is 176 Å². The standard InChI is InChI=1S/C73H55N3/c1-46-41-52(76-69-26-16-12-22-61(69)63-43-49(30-40-71(63)76)48-29-39-70-62(42-48)60-21-11-15-25-68(60)75(70)50-17-7-6-8-18-50)33-36-55(46)47-27-31-51(32-28-47)74(53-34-37-58-56-19-9-13-23-64(56)72(2,3)66(58)44-53)54-35-38-59-57-20-10-14-24-65(57)73(4,5)67(59)45-54/h6-45H,1-5H3. The lowest BCUT2D eigenvalue weighted by Crippen LogP contribution is -2.18. The fourth-order valence-corrected chi connectivity index (χ4v) is 13.4. The van der Waals surface area contributed by atoms with Gasteiger partial charge >= 0.3 is 0 Å². The van der Waals surface area contributed by atoms with E-state index in [9.17, 15) is 0 Å². The summed E-state index contributed by atoms with van der Waals surface area (Å²) in [5.41, 5.74) is 27.3. The van der Waals surface area contributed by atoms with Gasteiger partial charge in [0.2, 0.25) is 0 Å². The van der Waals surface area contributed by atoms with Gasteiger partial charge in [-0.1, -0.05) is 173 Å². The first kappa shape index (κ1) is 44.3. The van der Waals surface area contributed by atoms with Crippen LogP contribution >= 0.6 is 0 Å². The molecule has 76 heavy (non-hydrogen) atoms. The van der Waals surface area contributed by atoms with Crippen LogP contribution in [0.15, 0.2) is 243 Å². The largest absolute Gasteiger partial charge is 0.310 e. The molecule has 11 aromatic carbocycles. The molecule has 3 nitrogen and oxygen atoms in total. The van der Waals surface area contributed by atoms with Crippen LogP contribution in [0.3, 0.4) is 0 Å². The van der Waals surface area contributed by atoms with E-state index in [0.29, 0.717) is 0 Å². The number of benzene rings is 11. The van der Waals surface area contributed by atoms with E-state index in [0.717, 1.165) is 22.7 Å². The number of para-hydroxylation sites is 3. The molecule has 0 spiro atoms. The van der Waals surface area contributed by atoms with Crippen molar-refractivity contribution in [3.63, 3.8) is 0 Å². The van der Waals surface area contributed by atoms with Gasteiger partial charge in [0.15, 0.2) is 0 Å². The Morgan fingerprint density at radius 2 is 0.711 bits per heavy atom. The molecule has 0 N–H and O–H groups in total. The highest BCUT2D eigenvalue weighted by atomic mass is 15.1. The molecule has 15 rings (SSSR count). The van der Waals surface area contributed by atoms with E-state index < -0.39 is 0 Å². The predicted octanol–water partition coefficient (Wildman–Crippen LogP) is 19.6. The molecule has 0 bridgehead atoms. The normalized spacial score (nSPS) is 13.8. The highest BCUT2D eigenvalue weighted by molar-refractivity contribution is 6.13. The van der Waals surface area contributed by atoms with Crippen molar-refractivity contribution >= 4 is 60.7 Å². The van der Waals surface area contributed by atoms with Crippen molar-refractivity contribution in [2.45, 2.75) is 45.4 Å². The summed E-state index contributed by atoms with van der Waals surface area (Å²) in [7, 11) is 0. The monoisotopic (exact) mass is 973 g/mol. The summed E-state index contributed by atoms with van der Waals surface area (Å²) in [6, 6.07) is 90.5. The average molecular weight is 974 g/mol. The first-order valence-electron chi connectivity index (χ1n) is 26.7. The molecule has 0 fully saturated rings. The van der Waals surface area contributed by atoms with E-state index >= 15 is 0 Å². The Hall–Kier alpha value is -9.18. The third-order valence-corrected chi connectivity index (χ3v) is 17.2. The van der Waals surface area contributed by atoms with Crippen LogP contribution in [-0.4, -0.2) is 9.13 Å². The maximum atomic E-state index is 2.47. The highest BCUT2D eigenvalue weighted by Crippen LogP contribution is 2.53. The zero-order valence-corrected chi connectivity index (χ0v) is 43.4. The minimum absolute atomic E-state index is 0.117. The fourth-order valence-electron chi connectivity index (χ4n) is 13.4. The third-order valence-electron chi connectivity index (χ3n) is 17.2. The first-order valence-corrected chi connectivity index (χ1v) is 26.7. The van der Waals surface area contributed by atoms with Crippen LogP contribution in [0.4, 0.5) is 17.1 Å². The van der Waals surface area contributed by atoms with Gasteiger partial charge in [-0.3, -0.25) is 0 Å². The van der Waals surface area contributed by atoms with Crippen LogP contribution in [0.2, 0.25) is 0 Å². The van der Waals surface area contributed by atoms with Gasteiger partial charge in [-0.2, -0.15) is 0 Å². The van der Waals surface area contributed by atoms with Gasteiger partial charge < -0.3 is 14.0 Å². The maximum Gasteiger partial charge on any atom is 0.0541 e. The quantitative estimate of drug-likeness (QED) is 0.155. The Morgan fingerprint density at radius 3 is 1.25 bits per heavy atom. The Morgan fingerprint density at radius 1 is 0.289 bits per heavy atom. The van der Waals surface area contributed by atoms with Crippen LogP contribution in [0.1, 0.15) is 55.5 Å². The van der Waals surface area contributed by atoms with Gasteiger partial charge in [0.05, 0.1) is 22.1 Å².